The third-order valence-electron chi connectivity index (χ3n) is 4.44. The van der Waals surface area contributed by atoms with Crippen LogP contribution in [0.3, 0.4) is 0 Å². The van der Waals surface area contributed by atoms with Crippen molar-refractivity contribution >= 4 is 5.97 Å². The van der Waals surface area contributed by atoms with E-state index in [0.29, 0.717) is 18.3 Å². The zero-order chi connectivity index (χ0) is 14.8. The third-order valence-corrected chi connectivity index (χ3v) is 4.44. The van der Waals surface area contributed by atoms with Crippen molar-refractivity contribution in [1.29, 1.82) is 0 Å². The highest BCUT2D eigenvalue weighted by Gasteiger charge is 2.31. The minimum atomic E-state index is -0.129. The third kappa shape index (κ3) is 2.97. The van der Waals surface area contributed by atoms with Crippen LogP contribution in [0, 0.1) is 5.92 Å². The van der Waals surface area contributed by atoms with Crippen molar-refractivity contribution in [2.75, 3.05) is 34.0 Å². The van der Waals surface area contributed by atoms with E-state index in [4.69, 9.17) is 14.2 Å². The van der Waals surface area contributed by atoms with Crippen LogP contribution in [0.4, 0.5) is 0 Å². The molecule has 114 valence electrons. The summed E-state index contributed by atoms with van der Waals surface area (Å²) in [5.74, 6) is 2.10. The number of fused-ring (bicyclic) bond motifs is 1. The Hall–Kier alpha value is -1.75. The van der Waals surface area contributed by atoms with Gasteiger partial charge in [0, 0.05) is 18.9 Å². The number of likely N-dealkylation sites (N-methyl/N-ethyl adjacent to an activating group) is 1. The minimum Gasteiger partial charge on any atom is -0.469 e. The normalized spacial score (nSPS) is 24.9. The number of hydrogen-bond acceptors (Lipinski definition) is 5. The molecule has 5 nitrogen and oxygen atoms in total. The van der Waals surface area contributed by atoms with E-state index in [-0.39, 0.29) is 12.8 Å². The molecule has 0 spiro atoms. The molecule has 0 amide bonds. The maximum Gasteiger partial charge on any atom is 0.305 e. The van der Waals surface area contributed by atoms with E-state index in [1.807, 2.05) is 6.07 Å². The first-order valence-corrected chi connectivity index (χ1v) is 7.32. The highest BCUT2D eigenvalue weighted by Crippen LogP contribution is 2.39. The van der Waals surface area contributed by atoms with Gasteiger partial charge in [-0.3, -0.25) is 4.79 Å². The van der Waals surface area contributed by atoms with Gasteiger partial charge in [-0.15, -0.1) is 0 Å². The molecule has 0 radical (unpaired) electrons. The summed E-state index contributed by atoms with van der Waals surface area (Å²) in [5, 5.41) is 0. The number of carbonyl (C=O) groups excluding carboxylic acids is 1. The second-order valence-electron chi connectivity index (χ2n) is 5.81. The smallest absolute Gasteiger partial charge is 0.305 e. The van der Waals surface area contributed by atoms with E-state index in [9.17, 15) is 4.79 Å². The fourth-order valence-electron chi connectivity index (χ4n) is 3.23. The van der Waals surface area contributed by atoms with E-state index in [2.05, 4.69) is 24.1 Å². The predicted molar refractivity (Wildman–Crippen MR) is 77.5 cm³/mol. The fourth-order valence-corrected chi connectivity index (χ4v) is 3.23. The standard InChI is InChI=1S/C16H21NO4/c1-17-6-5-12(8-16(18)19-2)13(9-17)11-3-4-14-15(7-11)21-10-20-14/h3-4,7,12-13H,5-6,8-10H2,1-2H3/t12-,13+/m1/s1. The average molecular weight is 291 g/mol. The average Bonchev–Trinajstić information content (AvgIpc) is 2.96. The van der Waals surface area contributed by atoms with Crippen LogP contribution in [-0.4, -0.2) is 44.9 Å². The van der Waals surface area contributed by atoms with Gasteiger partial charge in [0.2, 0.25) is 6.79 Å². The quantitative estimate of drug-likeness (QED) is 0.797. The Kier molecular flexibility index (Phi) is 4.01. The molecule has 0 aromatic heterocycles. The molecule has 0 unspecified atom stereocenters. The van der Waals surface area contributed by atoms with Gasteiger partial charge >= 0.3 is 5.97 Å². The molecule has 1 saturated heterocycles. The Morgan fingerprint density at radius 1 is 1.38 bits per heavy atom. The number of methoxy groups -OCH3 is 1. The molecule has 0 bridgehead atoms. The van der Waals surface area contributed by atoms with Gasteiger partial charge in [-0.25, -0.2) is 0 Å². The Labute approximate surface area is 124 Å². The fraction of sp³-hybridized carbons (Fsp3) is 0.562. The highest BCUT2D eigenvalue weighted by atomic mass is 16.7. The van der Waals surface area contributed by atoms with Gasteiger partial charge in [0.05, 0.1) is 7.11 Å². The lowest BCUT2D eigenvalue weighted by molar-refractivity contribution is -0.142. The number of carbonyl (C=O) groups is 1. The summed E-state index contributed by atoms with van der Waals surface area (Å²) in [6.07, 6.45) is 1.48. The molecule has 2 aliphatic heterocycles. The molecule has 3 rings (SSSR count). The maximum atomic E-state index is 11.6. The Bertz CT molecular complexity index is 531. The number of nitrogens with zero attached hydrogens (tertiary/aromatic N) is 1. The van der Waals surface area contributed by atoms with E-state index in [1.54, 1.807) is 0 Å². The molecule has 1 fully saturated rings. The van der Waals surface area contributed by atoms with Crippen LogP contribution in [0.15, 0.2) is 18.2 Å². The summed E-state index contributed by atoms with van der Waals surface area (Å²) in [6.45, 7) is 2.25. The van der Waals surface area contributed by atoms with Crippen molar-refractivity contribution < 1.29 is 19.0 Å². The second kappa shape index (κ2) is 5.93. The van der Waals surface area contributed by atoms with Gasteiger partial charge in [-0.05, 0) is 43.6 Å². The topological polar surface area (TPSA) is 48.0 Å². The van der Waals surface area contributed by atoms with Crippen LogP contribution >= 0.6 is 0 Å². The second-order valence-corrected chi connectivity index (χ2v) is 5.81. The van der Waals surface area contributed by atoms with Crippen LogP contribution in [-0.2, 0) is 9.53 Å². The molecule has 2 atom stereocenters. The molecule has 2 aliphatic rings. The minimum absolute atomic E-state index is 0.129. The van der Waals surface area contributed by atoms with Crippen LogP contribution in [0.5, 0.6) is 11.5 Å². The Balaban J connectivity index is 1.83. The van der Waals surface area contributed by atoms with Gasteiger partial charge in [0.25, 0.3) is 0 Å². The first-order valence-electron chi connectivity index (χ1n) is 7.32. The Morgan fingerprint density at radius 2 is 2.19 bits per heavy atom. The molecule has 1 aromatic carbocycles. The van der Waals surface area contributed by atoms with Gasteiger partial charge in [0.1, 0.15) is 0 Å². The van der Waals surface area contributed by atoms with E-state index >= 15 is 0 Å². The lowest BCUT2D eigenvalue weighted by Gasteiger charge is -2.36. The number of esters is 1. The molecule has 1 aromatic rings. The van der Waals surface area contributed by atoms with Gasteiger partial charge in [0.15, 0.2) is 11.5 Å². The van der Waals surface area contributed by atoms with Crippen molar-refractivity contribution in [3.8, 4) is 11.5 Å². The SMILES string of the molecule is COC(=O)C[C@H]1CCN(C)C[C@H]1c1ccc2c(c1)OCO2. The van der Waals surface area contributed by atoms with Gasteiger partial charge in [-0.2, -0.15) is 0 Å². The van der Waals surface area contributed by atoms with Crippen molar-refractivity contribution in [3.05, 3.63) is 23.8 Å². The number of ether oxygens (including phenoxy) is 3. The molecule has 0 aliphatic carbocycles. The Morgan fingerprint density at radius 3 is 3.00 bits per heavy atom. The van der Waals surface area contributed by atoms with Crippen molar-refractivity contribution in [2.45, 2.75) is 18.8 Å². The number of piperidine rings is 1. The van der Waals surface area contributed by atoms with E-state index in [0.717, 1.165) is 31.0 Å². The summed E-state index contributed by atoms with van der Waals surface area (Å²) in [6, 6.07) is 6.10. The van der Waals surface area contributed by atoms with Crippen LogP contribution in [0.25, 0.3) is 0 Å². The van der Waals surface area contributed by atoms with E-state index < -0.39 is 0 Å². The summed E-state index contributed by atoms with van der Waals surface area (Å²) in [4.78, 5) is 14.0. The summed E-state index contributed by atoms with van der Waals surface area (Å²) in [7, 11) is 3.57. The number of likely N-dealkylation sites (tertiary alicyclic amines) is 1. The highest BCUT2D eigenvalue weighted by molar-refractivity contribution is 5.69. The van der Waals surface area contributed by atoms with E-state index in [1.165, 1.54) is 12.7 Å². The molecule has 0 N–H and O–H groups in total. The monoisotopic (exact) mass is 291 g/mol. The summed E-state index contributed by atoms with van der Waals surface area (Å²) >= 11 is 0. The number of hydrogen-bond donors (Lipinski definition) is 0. The summed E-state index contributed by atoms with van der Waals surface area (Å²) < 4.78 is 15.7. The first-order chi connectivity index (χ1) is 10.2. The van der Waals surface area contributed by atoms with Crippen LogP contribution in [0.2, 0.25) is 0 Å². The molecular weight excluding hydrogens is 270 g/mol. The molecular formula is C16H21NO4. The zero-order valence-corrected chi connectivity index (χ0v) is 12.5. The predicted octanol–water partition coefficient (Wildman–Crippen LogP) is 2.01. The van der Waals surface area contributed by atoms with Gasteiger partial charge < -0.3 is 19.1 Å². The molecule has 2 heterocycles. The first kappa shape index (κ1) is 14.2. The molecule has 0 saturated carbocycles. The van der Waals surface area contributed by atoms with Crippen LogP contribution < -0.4 is 9.47 Å². The lowest BCUT2D eigenvalue weighted by Crippen LogP contribution is -2.37. The van der Waals surface area contributed by atoms with Crippen molar-refractivity contribution in [1.82, 2.24) is 4.90 Å². The maximum absolute atomic E-state index is 11.6. The van der Waals surface area contributed by atoms with Gasteiger partial charge in [-0.1, -0.05) is 6.07 Å². The van der Waals surface area contributed by atoms with Crippen LogP contribution in [0.1, 0.15) is 24.3 Å². The molecule has 5 heteroatoms. The molecule has 21 heavy (non-hydrogen) atoms. The number of benzene rings is 1. The number of rotatable bonds is 3. The zero-order valence-electron chi connectivity index (χ0n) is 12.5. The van der Waals surface area contributed by atoms with Crippen molar-refractivity contribution in [3.63, 3.8) is 0 Å². The van der Waals surface area contributed by atoms with Crippen molar-refractivity contribution in [2.24, 2.45) is 5.92 Å². The summed E-state index contributed by atoms with van der Waals surface area (Å²) in [5.41, 5.74) is 1.21. The largest absolute Gasteiger partial charge is 0.469 e. The lowest BCUT2D eigenvalue weighted by atomic mass is 9.79.